The van der Waals surface area contributed by atoms with Gasteiger partial charge in [0.2, 0.25) is 0 Å². The van der Waals surface area contributed by atoms with Gasteiger partial charge in [0.25, 0.3) is 0 Å². The van der Waals surface area contributed by atoms with E-state index >= 15 is 0 Å². The molecular weight excluding hydrogens is 360 g/mol. The Morgan fingerprint density at radius 1 is 0.931 bits per heavy atom. The molecule has 2 rings (SSSR count). The predicted molar refractivity (Wildman–Crippen MR) is 119 cm³/mol. The monoisotopic (exact) mass is 396 g/mol. The van der Waals surface area contributed by atoms with Crippen molar-refractivity contribution in [3.8, 4) is 5.75 Å². The summed E-state index contributed by atoms with van der Waals surface area (Å²) in [7, 11) is 0. The first-order valence-electron chi connectivity index (χ1n) is 10.9. The van der Waals surface area contributed by atoms with E-state index in [0.29, 0.717) is 12.5 Å². The Balaban J connectivity index is 2.08. The quantitative estimate of drug-likeness (QED) is 0.286. The average Bonchev–Trinajstić information content (AvgIpc) is 2.72. The Morgan fingerprint density at radius 3 is 2.17 bits per heavy atom. The van der Waals surface area contributed by atoms with Gasteiger partial charge in [0.1, 0.15) is 11.4 Å². The lowest BCUT2D eigenvalue weighted by Gasteiger charge is -2.35. The molecule has 158 valence electrons. The number of esters is 1. The fourth-order valence-electron chi connectivity index (χ4n) is 3.68. The molecule has 3 heteroatoms. The second kappa shape index (κ2) is 11.6. The highest BCUT2D eigenvalue weighted by Gasteiger charge is 2.32. The molecule has 0 bridgehead atoms. The summed E-state index contributed by atoms with van der Waals surface area (Å²) in [5.41, 5.74) is 2.27. The van der Waals surface area contributed by atoms with Crippen LogP contribution in [0.3, 0.4) is 0 Å². The van der Waals surface area contributed by atoms with Gasteiger partial charge in [0.05, 0.1) is 6.61 Å². The SMILES string of the molecule is CCC(CCCCCCOC(C)=O)(Oc1ccccc1)c1ccc(C(C)C)cc1. The molecule has 0 fully saturated rings. The summed E-state index contributed by atoms with van der Waals surface area (Å²) in [4.78, 5) is 10.9. The van der Waals surface area contributed by atoms with Gasteiger partial charge < -0.3 is 9.47 Å². The molecule has 0 N–H and O–H groups in total. The molecule has 0 amide bonds. The number of para-hydroxylation sites is 1. The van der Waals surface area contributed by atoms with Crippen molar-refractivity contribution in [3.63, 3.8) is 0 Å². The van der Waals surface area contributed by atoms with Gasteiger partial charge in [-0.05, 0) is 54.9 Å². The summed E-state index contributed by atoms with van der Waals surface area (Å²) in [6.07, 6.45) is 6.04. The van der Waals surface area contributed by atoms with Crippen LogP contribution in [0.25, 0.3) is 0 Å². The van der Waals surface area contributed by atoms with Crippen LogP contribution < -0.4 is 4.74 Å². The molecule has 1 atom stereocenters. The molecule has 29 heavy (non-hydrogen) atoms. The zero-order chi connectivity index (χ0) is 21.1. The molecule has 0 aliphatic rings. The Labute approximate surface area is 176 Å². The molecule has 2 aromatic rings. The Kier molecular flexibility index (Phi) is 9.24. The van der Waals surface area contributed by atoms with Crippen LogP contribution in [-0.4, -0.2) is 12.6 Å². The van der Waals surface area contributed by atoms with Crippen molar-refractivity contribution in [1.29, 1.82) is 0 Å². The molecule has 0 aliphatic carbocycles. The first-order valence-corrected chi connectivity index (χ1v) is 10.9. The van der Waals surface area contributed by atoms with E-state index in [1.54, 1.807) is 0 Å². The van der Waals surface area contributed by atoms with Crippen LogP contribution in [0.4, 0.5) is 0 Å². The molecule has 0 saturated carbocycles. The number of hydrogen-bond donors (Lipinski definition) is 0. The zero-order valence-corrected chi connectivity index (χ0v) is 18.4. The van der Waals surface area contributed by atoms with Gasteiger partial charge in [0.15, 0.2) is 0 Å². The topological polar surface area (TPSA) is 35.5 Å². The third-order valence-electron chi connectivity index (χ3n) is 5.51. The van der Waals surface area contributed by atoms with Crippen molar-refractivity contribution >= 4 is 5.97 Å². The summed E-state index contributed by atoms with van der Waals surface area (Å²) in [6.45, 7) is 8.63. The van der Waals surface area contributed by atoms with E-state index in [1.807, 2.05) is 30.3 Å². The third kappa shape index (κ3) is 7.23. The average molecular weight is 397 g/mol. The summed E-state index contributed by atoms with van der Waals surface area (Å²) in [5.74, 6) is 1.24. The van der Waals surface area contributed by atoms with Crippen molar-refractivity contribution < 1.29 is 14.3 Å². The van der Waals surface area contributed by atoms with Crippen LogP contribution in [-0.2, 0) is 15.1 Å². The molecule has 0 heterocycles. The Morgan fingerprint density at radius 2 is 1.59 bits per heavy atom. The third-order valence-corrected chi connectivity index (χ3v) is 5.51. The summed E-state index contributed by atoms with van der Waals surface area (Å²) in [5, 5.41) is 0. The largest absolute Gasteiger partial charge is 0.483 e. The fourth-order valence-corrected chi connectivity index (χ4v) is 3.68. The van der Waals surface area contributed by atoms with Crippen molar-refractivity contribution in [2.75, 3.05) is 6.61 Å². The van der Waals surface area contributed by atoms with E-state index in [4.69, 9.17) is 9.47 Å². The molecule has 3 nitrogen and oxygen atoms in total. The second-order valence-electron chi connectivity index (χ2n) is 8.04. The standard InChI is InChI=1S/C26H36O3/c1-5-26(29-25-13-9-8-10-14-25,19-11-6-7-12-20-28-22(4)27)24-17-15-23(16-18-24)21(2)3/h8-10,13-18,21H,5-7,11-12,19-20H2,1-4H3. The lowest BCUT2D eigenvalue weighted by atomic mass is 9.84. The van der Waals surface area contributed by atoms with Crippen LogP contribution in [0.1, 0.15) is 83.3 Å². The van der Waals surface area contributed by atoms with Crippen LogP contribution in [0.5, 0.6) is 5.75 Å². The minimum atomic E-state index is -0.327. The smallest absolute Gasteiger partial charge is 0.302 e. The van der Waals surface area contributed by atoms with E-state index < -0.39 is 0 Å². The predicted octanol–water partition coefficient (Wildman–Crippen LogP) is 7.01. The van der Waals surface area contributed by atoms with Gasteiger partial charge in [0, 0.05) is 6.92 Å². The number of carbonyl (C=O) groups excluding carboxylic acids is 1. The maximum atomic E-state index is 10.9. The number of unbranched alkanes of at least 4 members (excludes halogenated alkanes) is 3. The summed E-state index contributed by atoms with van der Waals surface area (Å²) < 4.78 is 11.7. The van der Waals surface area contributed by atoms with Crippen molar-refractivity contribution in [2.24, 2.45) is 0 Å². The van der Waals surface area contributed by atoms with Gasteiger partial charge in [-0.3, -0.25) is 4.79 Å². The number of rotatable bonds is 12. The minimum Gasteiger partial charge on any atom is -0.483 e. The van der Waals surface area contributed by atoms with Gasteiger partial charge in [-0.15, -0.1) is 0 Å². The van der Waals surface area contributed by atoms with Gasteiger partial charge in [-0.1, -0.05) is 76.1 Å². The Hall–Kier alpha value is -2.29. The molecule has 0 radical (unpaired) electrons. The van der Waals surface area contributed by atoms with E-state index in [1.165, 1.54) is 18.1 Å². The van der Waals surface area contributed by atoms with E-state index in [2.05, 4.69) is 45.0 Å². The maximum absolute atomic E-state index is 10.9. The number of carbonyl (C=O) groups is 1. The molecular formula is C26H36O3. The van der Waals surface area contributed by atoms with Gasteiger partial charge in [-0.25, -0.2) is 0 Å². The molecule has 0 spiro atoms. The number of hydrogen-bond acceptors (Lipinski definition) is 3. The van der Waals surface area contributed by atoms with Gasteiger partial charge >= 0.3 is 5.97 Å². The molecule has 0 saturated heterocycles. The van der Waals surface area contributed by atoms with E-state index in [-0.39, 0.29) is 11.6 Å². The molecule has 2 aromatic carbocycles. The van der Waals surface area contributed by atoms with Crippen LogP contribution in [0.2, 0.25) is 0 Å². The Bertz CT molecular complexity index is 721. The van der Waals surface area contributed by atoms with Crippen LogP contribution >= 0.6 is 0 Å². The van der Waals surface area contributed by atoms with Crippen molar-refractivity contribution in [3.05, 3.63) is 65.7 Å². The summed E-state index contributed by atoms with van der Waals surface area (Å²) >= 11 is 0. The maximum Gasteiger partial charge on any atom is 0.302 e. The van der Waals surface area contributed by atoms with Crippen LogP contribution in [0.15, 0.2) is 54.6 Å². The first kappa shape index (κ1) is 23.0. The van der Waals surface area contributed by atoms with Crippen molar-refractivity contribution in [2.45, 2.75) is 77.7 Å². The zero-order valence-electron chi connectivity index (χ0n) is 18.4. The molecule has 0 aliphatic heterocycles. The van der Waals surface area contributed by atoms with E-state index in [9.17, 15) is 4.79 Å². The molecule has 1 unspecified atom stereocenters. The highest BCUT2D eigenvalue weighted by Crippen LogP contribution is 2.37. The normalized spacial score (nSPS) is 13.1. The lowest BCUT2D eigenvalue weighted by molar-refractivity contribution is -0.141. The first-order chi connectivity index (χ1) is 14.0. The molecule has 0 aromatic heterocycles. The van der Waals surface area contributed by atoms with E-state index in [0.717, 1.165) is 44.3 Å². The minimum absolute atomic E-state index is 0.198. The van der Waals surface area contributed by atoms with Crippen molar-refractivity contribution in [1.82, 2.24) is 0 Å². The number of benzene rings is 2. The second-order valence-corrected chi connectivity index (χ2v) is 8.04. The highest BCUT2D eigenvalue weighted by molar-refractivity contribution is 5.65. The summed E-state index contributed by atoms with van der Waals surface area (Å²) in [6, 6.07) is 19.1. The van der Waals surface area contributed by atoms with Crippen LogP contribution in [0, 0.1) is 0 Å². The highest BCUT2D eigenvalue weighted by atomic mass is 16.5. The lowest BCUT2D eigenvalue weighted by Crippen LogP contribution is -2.32. The van der Waals surface area contributed by atoms with Gasteiger partial charge in [-0.2, -0.15) is 0 Å². The fraction of sp³-hybridized carbons (Fsp3) is 0.500. The number of ether oxygens (including phenoxy) is 2.